The van der Waals surface area contributed by atoms with E-state index < -0.39 is 0 Å². The van der Waals surface area contributed by atoms with E-state index in [0.717, 1.165) is 42.4 Å². The lowest BCUT2D eigenvalue weighted by Crippen LogP contribution is -2.16. The monoisotopic (exact) mass is 352 g/mol. The highest BCUT2D eigenvalue weighted by Crippen LogP contribution is 2.18. The van der Waals surface area contributed by atoms with Gasteiger partial charge in [0.1, 0.15) is 11.5 Å². The van der Waals surface area contributed by atoms with E-state index in [4.69, 9.17) is 0 Å². The normalized spacial score (nSPS) is 11.9. The molecule has 1 aromatic carbocycles. The number of hydrogen-bond donors (Lipinski definition) is 1. The number of nitrogens with zero attached hydrogens (tertiary/aromatic N) is 1. The minimum atomic E-state index is 0.0271. The number of carbonyl (C=O) groups excluding carboxylic acids is 2. The number of para-hydroxylation sites is 1. The SMILES string of the molecule is C=C(C)NCCCC(CCCC(=O)c1ccc2ccccc2n1)C(C)=O. The summed E-state index contributed by atoms with van der Waals surface area (Å²) in [6.07, 6.45) is 3.67. The second-order valence-corrected chi connectivity index (χ2v) is 6.86. The van der Waals surface area contributed by atoms with Gasteiger partial charge in [0.05, 0.1) is 5.52 Å². The first-order valence-electron chi connectivity index (χ1n) is 9.26. The molecule has 0 aliphatic carbocycles. The van der Waals surface area contributed by atoms with Crippen molar-refractivity contribution in [3.05, 3.63) is 54.4 Å². The average molecular weight is 352 g/mol. The number of nitrogens with one attached hydrogen (secondary N) is 1. The minimum absolute atomic E-state index is 0.0271. The van der Waals surface area contributed by atoms with Gasteiger partial charge in [-0.05, 0) is 51.7 Å². The lowest BCUT2D eigenvalue weighted by Gasteiger charge is -2.14. The first-order chi connectivity index (χ1) is 12.5. The van der Waals surface area contributed by atoms with E-state index in [2.05, 4.69) is 16.9 Å². The Balaban J connectivity index is 1.82. The molecule has 1 heterocycles. The summed E-state index contributed by atoms with van der Waals surface area (Å²) in [5, 5.41) is 4.21. The van der Waals surface area contributed by atoms with Crippen molar-refractivity contribution in [3.8, 4) is 0 Å². The molecule has 0 bridgehead atoms. The Bertz CT molecular complexity index is 783. The Hall–Kier alpha value is -2.49. The summed E-state index contributed by atoms with van der Waals surface area (Å²) in [5.74, 6) is 0.276. The molecule has 0 aliphatic heterocycles. The van der Waals surface area contributed by atoms with E-state index in [1.165, 1.54) is 0 Å². The Morgan fingerprint density at radius 2 is 1.81 bits per heavy atom. The number of carbonyl (C=O) groups is 2. The smallest absolute Gasteiger partial charge is 0.181 e. The van der Waals surface area contributed by atoms with Crippen molar-refractivity contribution in [2.75, 3.05) is 6.54 Å². The zero-order chi connectivity index (χ0) is 18.9. The van der Waals surface area contributed by atoms with Crippen LogP contribution in [-0.2, 0) is 4.79 Å². The Morgan fingerprint density at radius 3 is 2.54 bits per heavy atom. The first-order valence-corrected chi connectivity index (χ1v) is 9.26. The molecule has 1 atom stereocenters. The van der Waals surface area contributed by atoms with Gasteiger partial charge in [-0.3, -0.25) is 9.59 Å². The molecule has 1 unspecified atom stereocenters. The zero-order valence-corrected chi connectivity index (χ0v) is 15.8. The molecule has 0 fully saturated rings. The Kier molecular flexibility index (Phi) is 7.52. The fourth-order valence-electron chi connectivity index (χ4n) is 3.06. The van der Waals surface area contributed by atoms with Crippen molar-refractivity contribution >= 4 is 22.5 Å². The van der Waals surface area contributed by atoms with Crippen LogP contribution >= 0.6 is 0 Å². The number of Topliss-reactive ketones (excluding diaryl/α,β-unsaturated/α-hetero) is 2. The van der Waals surface area contributed by atoms with Crippen LogP contribution in [0.2, 0.25) is 0 Å². The van der Waals surface area contributed by atoms with Gasteiger partial charge in [-0.2, -0.15) is 0 Å². The molecule has 0 spiro atoms. The maximum atomic E-state index is 12.4. The summed E-state index contributed by atoms with van der Waals surface area (Å²) in [5.41, 5.74) is 2.29. The van der Waals surface area contributed by atoms with E-state index in [1.807, 2.05) is 37.3 Å². The van der Waals surface area contributed by atoms with Gasteiger partial charge >= 0.3 is 0 Å². The molecule has 1 N–H and O–H groups in total. The lowest BCUT2D eigenvalue weighted by atomic mass is 9.92. The number of fused-ring (bicyclic) bond motifs is 1. The number of hydrogen-bond acceptors (Lipinski definition) is 4. The van der Waals surface area contributed by atoms with E-state index in [1.54, 1.807) is 13.0 Å². The zero-order valence-electron chi connectivity index (χ0n) is 15.8. The summed E-state index contributed by atoms with van der Waals surface area (Å²) < 4.78 is 0. The van der Waals surface area contributed by atoms with Crippen LogP contribution in [0.15, 0.2) is 48.7 Å². The van der Waals surface area contributed by atoms with Gasteiger partial charge in [0, 0.05) is 30.0 Å². The van der Waals surface area contributed by atoms with Gasteiger partial charge in [0.25, 0.3) is 0 Å². The number of pyridine rings is 1. The van der Waals surface area contributed by atoms with Gasteiger partial charge in [0.2, 0.25) is 0 Å². The topological polar surface area (TPSA) is 59.1 Å². The third kappa shape index (κ3) is 6.10. The van der Waals surface area contributed by atoms with Crippen molar-refractivity contribution in [3.63, 3.8) is 0 Å². The van der Waals surface area contributed by atoms with Crippen LogP contribution in [0.4, 0.5) is 0 Å². The van der Waals surface area contributed by atoms with Crippen LogP contribution in [0.5, 0.6) is 0 Å². The fraction of sp³-hybridized carbons (Fsp3) is 0.409. The molecule has 1 aromatic heterocycles. The lowest BCUT2D eigenvalue weighted by molar-refractivity contribution is -0.121. The summed E-state index contributed by atoms with van der Waals surface area (Å²) in [6.45, 7) is 8.20. The second-order valence-electron chi connectivity index (χ2n) is 6.86. The van der Waals surface area contributed by atoms with Gasteiger partial charge in [0.15, 0.2) is 5.78 Å². The van der Waals surface area contributed by atoms with Crippen LogP contribution in [0.1, 0.15) is 56.4 Å². The predicted molar refractivity (Wildman–Crippen MR) is 106 cm³/mol. The second kappa shape index (κ2) is 9.85. The highest BCUT2D eigenvalue weighted by atomic mass is 16.1. The third-order valence-electron chi connectivity index (χ3n) is 4.57. The van der Waals surface area contributed by atoms with E-state index in [9.17, 15) is 9.59 Å². The van der Waals surface area contributed by atoms with E-state index >= 15 is 0 Å². The maximum absolute atomic E-state index is 12.4. The number of benzene rings is 1. The largest absolute Gasteiger partial charge is 0.389 e. The fourth-order valence-corrected chi connectivity index (χ4v) is 3.06. The minimum Gasteiger partial charge on any atom is -0.389 e. The molecule has 2 aromatic rings. The molecule has 0 amide bonds. The molecule has 2 rings (SSSR count). The van der Waals surface area contributed by atoms with Crippen molar-refractivity contribution in [2.45, 2.75) is 46.0 Å². The molecule has 0 saturated carbocycles. The molecule has 138 valence electrons. The maximum Gasteiger partial charge on any atom is 0.181 e. The van der Waals surface area contributed by atoms with E-state index in [0.29, 0.717) is 18.5 Å². The molecule has 4 heteroatoms. The average Bonchev–Trinajstić information content (AvgIpc) is 2.62. The van der Waals surface area contributed by atoms with Crippen molar-refractivity contribution in [2.24, 2.45) is 5.92 Å². The number of aromatic nitrogens is 1. The Morgan fingerprint density at radius 1 is 1.08 bits per heavy atom. The quantitative estimate of drug-likeness (QED) is 0.470. The molecule has 4 nitrogen and oxygen atoms in total. The van der Waals surface area contributed by atoms with Gasteiger partial charge in [-0.25, -0.2) is 4.98 Å². The number of allylic oxidation sites excluding steroid dienone is 1. The summed E-state index contributed by atoms with van der Waals surface area (Å²) in [6, 6.07) is 11.5. The summed E-state index contributed by atoms with van der Waals surface area (Å²) >= 11 is 0. The van der Waals surface area contributed by atoms with Crippen molar-refractivity contribution in [1.29, 1.82) is 0 Å². The summed E-state index contributed by atoms with van der Waals surface area (Å²) in [7, 11) is 0. The predicted octanol–water partition coefficient (Wildman–Crippen LogP) is 4.70. The molecule has 26 heavy (non-hydrogen) atoms. The number of rotatable bonds is 11. The van der Waals surface area contributed by atoms with Gasteiger partial charge < -0.3 is 5.32 Å². The van der Waals surface area contributed by atoms with Gasteiger partial charge in [-0.15, -0.1) is 0 Å². The summed E-state index contributed by atoms with van der Waals surface area (Å²) in [4.78, 5) is 28.7. The number of ketones is 2. The van der Waals surface area contributed by atoms with Crippen LogP contribution in [-0.4, -0.2) is 23.1 Å². The highest BCUT2D eigenvalue weighted by Gasteiger charge is 2.15. The molecule has 0 saturated heterocycles. The molecule has 0 aliphatic rings. The van der Waals surface area contributed by atoms with E-state index in [-0.39, 0.29) is 17.5 Å². The Labute approximate surface area is 155 Å². The molecular formula is C22H28N2O2. The van der Waals surface area contributed by atoms with Crippen LogP contribution in [0.25, 0.3) is 10.9 Å². The first kappa shape index (κ1) is 19.8. The molecular weight excluding hydrogens is 324 g/mol. The van der Waals surface area contributed by atoms with Crippen molar-refractivity contribution in [1.82, 2.24) is 10.3 Å². The van der Waals surface area contributed by atoms with Crippen LogP contribution in [0, 0.1) is 5.92 Å². The third-order valence-corrected chi connectivity index (χ3v) is 4.57. The van der Waals surface area contributed by atoms with Crippen LogP contribution < -0.4 is 5.32 Å². The van der Waals surface area contributed by atoms with Crippen LogP contribution in [0.3, 0.4) is 0 Å². The molecule has 0 radical (unpaired) electrons. The van der Waals surface area contributed by atoms with Gasteiger partial charge in [-0.1, -0.05) is 30.8 Å². The highest BCUT2D eigenvalue weighted by molar-refractivity contribution is 5.96. The van der Waals surface area contributed by atoms with Crippen molar-refractivity contribution < 1.29 is 9.59 Å². The standard InChI is InChI=1S/C22H28N2O2/c1-16(2)23-15-7-10-18(17(3)25)9-6-12-22(26)21-14-13-19-8-4-5-11-20(19)24-21/h4-5,8,11,13-14,18,23H,1,6-7,9-10,12,15H2,2-3H3.